The number of hydrogen-bond acceptors (Lipinski definition) is 1. The number of carbonyl (C=O) groups is 1. The number of amides is 1. The van der Waals surface area contributed by atoms with Gasteiger partial charge in [-0.05, 0) is 30.2 Å². The molecule has 4 heteroatoms. The lowest BCUT2D eigenvalue weighted by Crippen LogP contribution is -2.41. The standard InChI is InChI=1S/C15H15ClN2O/c16-10-15(19)18-11-13(17-7-3-4-8-17)9-12-5-1-2-6-14(12)18/h1-8,13H,9-11H2. The number of hydrogen-bond donors (Lipinski definition) is 0. The van der Waals surface area contributed by atoms with Crippen molar-refractivity contribution in [1.82, 2.24) is 4.57 Å². The molecule has 0 radical (unpaired) electrons. The molecule has 1 aliphatic rings. The fourth-order valence-electron chi connectivity index (χ4n) is 2.67. The Kier molecular flexibility index (Phi) is 3.30. The third kappa shape index (κ3) is 2.26. The number of para-hydroxylation sites is 1. The molecule has 0 N–H and O–H groups in total. The summed E-state index contributed by atoms with van der Waals surface area (Å²) in [4.78, 5) is 13.8. The Balaban J connectivity index is 1.98. The minimum Gasteiger partial charge on any atom is -0.349 e. The van der Waals surface area contributed by atoms with Gasteiger partial charge in [0.15, 0.2) is 0 Å². The number of carbonyl (C=O) groups excluding carboxylic acids is 1. The van der Waals surface area contributed by atoms with Gasteiger partial charge in [0.05, 0.1) is 6.04 Å². The van der Waals surface area contributed by atoms with E-state index in [-0.39, 0.29) is 17.8 Å². The van der Waals surface area contributed by atoms with Crippen LogP contribution in [0.3, 0.4) is 0 Å². The van der Waals surface area contributed by atoms with Crippen LogP contribution in [0.2, 0.25) is 0 Å². The Morgan fingerprint density at radius 2 is 1.95 bits per heavy atom. The molecular weight excluding hydrogens is 260 g/mol. The van der Waals surface area contributed by atoms with Crippen LogP contribution in [0.5, 0.6) is 0 Å². The van der Waals surface area contributed by atoms with Crippen molar-refractivity contribution in [3.8, 4) is 0 Å². The molecule has 1 amide bonds. The topological polar surface area (TPSA) is 25.2 Å². The fourth-order valence-corrected chi connectivity index (χ4v) is 2.82. The quantitative estimate of drug-likeness (QED) is 0.773. The van der Waals surface area contributed by atoms with Gasteiger partial charge in [-0.25, -0.2) is 0 Å². The van der Waals surface area contributed by atoms with Crippen LogP contribution in [0.1, 0.15) is 11.6 Å². The molecule has 3 nitrogen and oxygen atoms in total. The van der Waals surface area contributed by atoms with Crippen LogP contribution in [-0.2, 0) is 11.2 Å². The molecule has 1 unspecified atom stereocenters. The highest BCUT2D eigenvalue weighted by atomic mass is 35.5. The van der Waals surface area contributed by atoms with Gasteiger partial charge in [-0.15, -0.1) is 11.6 Å². The van der Waals surface area contributed by atoms with E-state index in [1.54, 1.807) is 4.90 Å². The van der Waals surface area contributed by atoms with E-state index in [1.165, 1.54) is 5.56 Å². The van der Waals surface area contributed by atoms with Gasteiger partial charge in [-0.2, -0.15) is 0 Å². The molecule has 0 bridgehead atoms. The predicted octanol–water partition coefficient (Wildman–Crippen LogP) is 2.86. The van der Waals surface area contributed by atoms with Crippen LogP contribution >= 0.6 is 11.6 Å². The van der Waals surface area contributed by atoms with E-state index in [2.05, 4.69) is 10.6 Å². The van der Waals surface area contributed by atoms with E-state index < -0.39 is 0 Å². The van der Waals surface area contributed by atoms with Crippen molar-refractivity contribution in [2.24, 2.45) is 0 Å². The zero-order chi connectivity index (χ0) is 13.2. The Morgan fingerprint density at radius 1 is 1.21 bits per heavy atom. The number of alkyl halides is 1. The van der Waals surface area contributed by atoms with E-state index >= 15 is 0 Å². The minimum atomic E-state index is -0.0361. The van der Waals surface area contributed by atoms with Crippen LogP contribution in [0.25, 0.3) is 0 Å². The number of rotatable bonds is 2. The summed E-state index contributed by atoms with van der Waals surface area (Å²) in [6.07, 6.45) is 5.03. The minimum absolute atomic E-state index is 0.0206. The van der Waals surface area contributed by atoms with Crippen molar-refractivity contribution in [2.45, 2.75) is 12.5 Å². The van der Waals surface area contributed by atoms with Crippen LogP contribution in [0, 0.1) is 0 Å². The summed E-state index contributed by atoms with van der Waals surface area (Å²) >= 11 is 5.73. The number of fused-ring (bicyclic) bond motifs is 1. The number of halogens is 1. The molecule has 0 spiro atoms. The molecular formula is C15H15ClN2O. The van der Waals surface area contributed by atoms with Gasteiger partial charge >= 0.3 is 0 Å². The average Bonchev–Trinajstić information content (AvgIpc) is 2.99. The average molecular weight is 275 g/mol. The molecule has 2 aromatic rings. The Morgan fingerprint density at radius 3 is 2.68 bits per heavy atom. The molecule has 2 heterocycles. The molecule has 1 aliphatic heterocycles. The van der Waals surface area contributed by atoms with E-state index in [0.717, 1.165) is 12.1 Å². The van der Waals surface area contributed by atoms with Crippen molar-refractivity contribution in [2.75, 3.05) is 17.3 Å². The van der Waals surface area contributed by atoms with E-state index in [0.29, 0.717) is 6.54 Å². The second-order valence-corrected chi connectivity index (χ2v) is 5.02. The third-order valence-electron chi connectivity index (χ3n) is 3.60. The number of nitrogens with zero attached hydrogens (tertiary/aromatic N) is 2. The van der Waals surface area contributed by atoms with Gasteiger partial charge < -0.3 is 9.47 Å². The monoisotopic (exact) mass is 274 g/mol. The lowest BCUT2D eigenvalue weighted by molar-refractivity contribution is -0.116. The summed E-state index contributed by atoms with van der Waals surface area (Å²) in [5, 5.41) is 0. The van der Waals surface area contributed by atoms with Crippen LogP contribution in [0.15, 0.2) is 48.8 Å². The summed E-state index contributed by atoms with van der Waals surface area (Å²) in [5.74, 6) is -0.0156. The molecule has 0 aliphatic carbocycles. The number of anilines is 1. The molecule has 98 valence electrons. The lowest BCUT2D eigenvalue weighted by atomic mass is 9.97. The maximum atomic E-state index is 12.0. The van der Waals surface area contributed by atoms with Crippen LogP contribution in [-0.4, -0.2) is 22.9 Å². The van der Waals surface area contributed by atoms with Crippen molar-refractivity contribution in [3.63, 3.8) is 0 Å². The Bertz CT molecular complexity index is 580. The fraction of sp³-hybridized carbons (Fsp3) is 0.267. The van der Waals surface area contributed by atoms with Gasteiger partial charge in [0.25, 0.3) is 0 Å². The highest BCUT2D eigenvalue weighted by Gasteiger charge is 2.28. The third-order valence-corrected chi connectivity index (χ3v) is 3.82. The maximum absolute atomic E-state index is 12.0. The van der Waals surface area contributed by atoms with Gasteiger partial charge in [-0.3, -0.25) is 4.79 Å². The van der Waals surface area contributed by atoms with Gasteiger partial charge in [0, 0.05) is 24.6 Å². The highest BCUT2D eigenvalue weighted by molar-refractivity contribution is 6.29. The first-order valence-electron chi connectivity index (χ1n) is 6.36. The van der Waals surface area contributed by atoms with Gasteiger partial charge in [0.2, 0.25) is 5.91 Å². The van der Waals surface area contributed by atoms with Gasteiger partial charge in [-0.1, -0.05) is 18.2 Å². The summed E-state index contributed by atoms with van der Waals surface area (Å²) in [7, 11) is 0. The Hall–Kier alpha value is -1.74. The first-order valence-corrected chi connectivity index (χ1v) is 6.89. The molecule has 1 aromatic heterocycles. The summed E-state index contributed by atoms with van der Waals surface area (Å²) in [5.41, 5.74) is 2.20. The first kappa shape index (κ1) is 12.3. The maximum Gasteiger partial charge on any atom is 0.241 e. The molecule has 0 saturated heterocycles. The smallest absolute Gasteiger partial charge is 0.241 e. The number of aromatic nitrogens is 1. The number of benzene rings is 1. The zero-order valence-corrected chi connectivity index (χ0v) is 11.3. The first-order chi connectivity index (χ1) is 9.29. The lowest BCUT2D eigenvalue weighted by Gasteiger charge is -2.35. The predicted molar refractivity (Wildman–Crippen MR) is 76.7 cm³/mol. The van der Waals surface area contributed by atoms with E-state index in [9.17, 15) is 4.79 Å². The second-order valence-electron chi connectivity index (χ2n) is 4.75. The van der Waals surface area contributed by atoms with Crippen molar-refractivity contribution >= 4 is 23.2 Å². The van der Waals surface area contributed by atoms with E-state index in [4.69, 9.17) is 11.6 Å². The van der Waals surface area contributed by atoms with Crippen LogP contribution < -0.4 is 4.90 Å². The molecule has 19 heavy (non-hydrogen) atoms. The van der Waals surface area contributed by atoms with Crippen LogP contribution in [0.4, 0.5) is 5.69 Å². The zero-order valence-electron chi connectivity index (χ0n) is 10.5. The summed E-state index contributed by atoms with van der Waals surface area (Å²) in [6.45, 7) is 0.678. The molecule has 0 saturated carbocycles. The molecule has 1 aromatic carbocycles. The largest absolute Gasteiger partial charge is 0.349 e. The van der Waals surface area contributed by atoms with E-state index in [1.807, 2.05) is 42.7 Å². The summed E-state index contributed by atoms with van der Waals surface area (Å²) in [6, 6.07) is 12.3. The molecule has 0 fully saturated rings. The second kappa shape index (κ2) is 5.10. The van der Waals surface area contributed by atoms with Gasteiger partial charge in [0.1, 0.15) is 5.88 Å². The molecule has 3 rings (SSSR count). The SMILES string of the molecule is O=C(CCl)N1CC(n2cccc2)Cc2ccccc21. The normalized spacial score (nSPS) is 18.2. The van der Waals surface area contributed by atoms with Crippen molar-refractivity contribution in [1.29, 1.82) is 0 Å². The van der Waals surface area contributed by atoms with Crippen molar-refractivity contribution < 1.29 is 4.79 Å². The Labute approximate surface area is 117 Å². The highest BCUT2D eigenvalue weighted by Crippen LogP contribution is 2.32. The van der Waals surface area contributed by atoms with Crippen molar-refractivity contribution in [3.05, 3.63) is 54.4 Å². The molecule has 1 atom stereocenters. The summed E-state index contributed by atoms with van der Waals surface area (Å²) < 4.78 is 2.16.